The Balaban J connectivity index is 2.16. The third-order valence-corrected chi connectivity index (χ3v) is 6.29. The minimum absolute atomic E-state index is 0.0206. The second kappa shape index (κ2) is 8.80. The predicted molar refractivity (Wildman–Crippen MR) is 106 cm³/mol. The van der Waals surface area contributed by atoms with Crippen molar-refractivity contribution < 1.29 is 31.1 Å². The van der Waals surface area contributed by atoms with Crippen molar-refractivity contribution in [1.82, 2.24) is 9.97 Å². The van der Waals surface area contributed by atoms with E-state index in [2.05, 4.69) is 9.97 Å². The van der Waals surface area contributed by atoms with Crippen molar-refractivity contribution >= 4 is 16.0 Å². The normalized spacial score (nSPS) is 11.3. The van der Waals surface area contributed by atoms with Gasteiger partial charge in [0, 0.05) is 11.6 Å². The van der Waals surface area contributed by atoms with Gasteiger partial charge in [0.1, 0.15) is 11.5 Å². The first kappa shape index (κ1) is 22.3. The number of ether oxygens (including phenoxy) is 2. The number of nitrogens with zero attached hydrogens (tertiary/aromatic N) is 3. The molecule has 31 heavy (non-hydrogen) atoms. The van der Waals surface area contributed by atoms with E-state index in [0.717, 1.165) is 22.8 Å². The summed E-state index contributed by atoms with van der Waals surface area (Å²) < 4.78 is 78.8. The van der Waals surface area contributed by atoms with Crippen LogP contribution in [0.5, 0.6) is 11.5 Å². The van der Waals surface area contributed by atoms with Crippen LogP contribution in [-0.2, 0) is 16.6 Å². The van der Waals surface area contributed by atoms with E-state index in [1.54, 1.807) is 18.2 Å². The van der Waals surface area contributed by atoms with E-state index < -0.39 is 32.4 Å². The molecule has 164 valence electrons. The Morgan fingerprint density at radius 1 is 0.968 bits per heavy atom. The molecule has 0 unspecified atom stereocenters. The summed E-state index contributed by atoms with van der Waals surface area (Å²) in [7, 11) is -1.63. The molecule has 0 aliphatic carbocycles. The molecule has 1 aromatic heterocycles. The number of benzene rings is 2. The summed E-state index contributed by atoms with van der Waals surface area (Å²) in [4.78, 5) is 7.03. The van der Waals surface area contributed by atoms with Gasteiger partial charge in [-0.3, -0.25) is 0 Å². The standard InChI is InChI=1S/C20H18F3N3O4S/c1-12-6-16(22)17(23)8-19(12)31(27,28)26(20-24-9-14(21)10-25-20)11-13-4-5-15(29-2)7-18(13)30-3/h4-10H,11H2,1-3H3. The third kappa shape index (κ3) is 4.55. The van der Waals surface area contributed by atoms with Crippen molar-refractivity contribution in [2.75, 3.05) is 18.5 Å². The molecule has 3 rings (SSSR count). The average molecular weight is 453 g/mol. The van der Waals surface area contributed by atoms with Gasteiger partial charge in [0.15, 0.2) is 17.5 Å². The topological polar surface area (TPSA) is 81.6 Å². The maximum atomic E-state index is 13.9. The summed E-state index contributed by atoms with van der Waals surface area (Å²) in [5, 5.41) is 0. The maximum absolute atomic E-state index is 13.9. The molecule has 0 spiro atoms. The third-order valence-electron chi connectivity index (χ3n) is 4.42. The Morgan fingerprint density at radius 3 is 2.23 bits per heavy atom. The van der Waals surface area contributed by atoms with Gasteiger partial charge >= 0.3 is 0 Å². The molecule has 0 bridgehead atoms. The Morgan fingerprint density at radius 2 is 1.61 bits per heavy atom. The molecule has 2 aromatic carbocycles. The largest absolute Gasteiger partial charge is 0.497 e. The second-order valence-electron chi connectivity index (χ2n) is 6.42. The van der Waals surface area contributed by atoms with Crippen LogP contribution >= 0.6 is 0 Å². The molecule has 3 aromatic rings. The fraction of sp³-hybridized carbons (Fsp3) is 0.200. The quantitative estimate of drug-likeness (QED) is 0.544. The van der Waals surface area contributed by atoms with Crippen molar-refractivity contribution in [2.24, 2.45) is 0 Å². The molecule has 0 fully saturated rings. The number of hydrogen-bond acceptors (Lipinski definition) is 6. The minimum Gasteiger partial charge on any atom is -0.497 e. The Kier molecular flexibility index (Phi) is 6.34. The fourth-order valence-electron chi connectivity index (χ4n) is 2.86. The van der Waals surface area contributed by atoms with Crippen LogP contribution in [0.15, 0.2) is 47.6 Å². The summed E-state index contributed by atoms with van der Waals surface area (Å²) in [5.74, 6) is -2.85. The number of aromatic nitrogens is 2. The highest BCUT2D eigenvalue weighted by Crippen LogP contribution is 2.31. The van der Waals surface area contributed by atoms with Crippen LogP contribution in [0.1, 0.15) is 11.1 Å². The number of aryl methyl sites for hydroxylation is 1. The van der Waals surface area contributed by atoms with E-state index in [1.165, 1.54) is 21.1 Å². The zero-order valence-electron chi connectivity index (χ0n) is 16.8. The zero-order chi connectivity index (χ0) is 22.8. The van der Waals surface area contributed by atoms with Crippen LogP contribution in [0.25, 0.3) is 0 Å². The van der Waals surface area contributed by atoms with E-state index in [4.69, 9.17) is 9.47 Å². The smallest absolute Gasteiger partial charge is 0.267 e. The van der Waals surface area contributed by atoms with Gasteiger partial charge in [-0.25, -0.2) is 35.9 Å². The number of halogens is 3. The highest BCUT2D eigenvalue weighted by Gasteiger charge is 2.31. The highest BCUT2D eigenvalue weighted by atomic mass is 32.2. The SMILES string of the molecule is COc1ccc(CN(c2ncc(F)cn2)S(=O)(=O)c2cc(F)c(F)cc2C)c(OC)c1. The van der Waals surface area contributed by atoms with Crippen LogP contribution < -0.4 is 13.8 Å². The summed E-state index contributed by atoms with van der Waals surface area (Å²) >= 11 is 0. The molecule has 0 amide bonds. The average Bonchev–Trinajstić information content (AvgIpc) is 2.75. The highest BCUT2D eigenvalue weighted by molar-refractivity contribution is 7.92. The molecule has 0 aliphatic rings. The summed E-state index contributed by atoms with van der Waals surface area (Å²) in [6.07, 6.45) is 1.60. The molecule has 0 radical (unpaired) electrons. The Bertz CT molecular complexity index is 1210. The fourth-order valence-corrected chi connectivity index (χ4v) is 4.43. The molecule has 1 heterocycles. The second-order valence-corrected chi connectivity index (χ2v) is 8.25. The van der Waals surface area contributed by atoms with Crippen LogP contribution in [0, 0.1) is 24.4 Å². The van der Waals surface area contributed by atoms with E-state index in [-0.39, 0.29) is 18.1 Å². The van der Waals surface area contributed by atoms with Gasteiger partial charge < -0.3 is 9.47 Å². The number of methoxy groups -OCH3 is 2. The van der Waals surface area contributed by atoms with Gasteiger partial charge in [-0.05, 0) is 36.8 Å². The van der Waals surface area contributed by atoms with Gasteiger partial charge in [-0.1, -0.05) is 0 Å². The Hall–Kier alpha value is -3.34. The van der Waals surface area contributed by atoms with Gasteiger partial charge in [-0.2, -0.15) is 0 Å². The molecule has 0 N–H and O–H groups in total. The van der Waals surface area contributed by atoms with Crippen molar-refractivity contribution in [3.05, 3.63) is 71.3 Å². The molecule has 11 heteroatoms. The molecule has 0 saturated carbocycles. The first-order chi connectivity index (χ1) is 14.7. The summed E-state index contributed by atoms with van der Waals surface area (Å²) in [5.41, 5.74) is 0.382. The molecule has 0 aliphatic heterocycles. The van der Waals surface area contributed by atoms with E-state index in [1.807, 2.05) is 0 Å². The van der Waals surface area contributed by atoms with E-state index in [0.29, 0.717) is 23.1 Å². The van der Waals surface area contributed by atoms with Crippen molar-refractivity contribution in [3.8, 4) is 11.5 Å². The number of sulfonamides is 1. The first-order valence-electron chi connectivity index (χ1n) is 8.84. The number of rotatable bonds is 7. The van der Waals surface area contributed by atoms with Crippen LogP contribution in [0.4, 0.5) is 19.1 Å². The monoisotopic (exact) mass is 453 g/mol. The molecule has 0 atom stereocenters. The van der Waals surface area contributed by atoms with Gasteiger partial charge in [0.05, 0.1) is 38.1 Å². The summed E-state index contributed by atoms with van der Waals surface area (Å²) in [6, 6.07) is 6.08. The lowest BCUT2D eigenvalue weighted by atomic mass is 10.2. The van der Waals surface area contributed by atoms with Crippen molar-refractivity contribution in [1.29, 1.82) is 0 Å². The maximum Gasteiger partial charge on any atom is 0.267 e. The van der Waals surface area contributed by atoms with Crippen LogP contribution in [0.3, 0.4) is 0 Å². The molecular formula is C20H18F3N3O4S. The Labute approximate surface area is 177 Å². The van der Waals surface area contributed by atoms with E-state index >= 15 is 0 Å². The molecule has 0 saturated heterocycles. The van der Waals surface area contributed by atoms with Gasteiger partial charge in [0.25, 0.3) is 10.0 Å². The van der Waals surface area contributed by atoms with Crippen LogP contribution in [-0.4, -0.2) is 32.6 Å². The number of anilines is 1. The number of hydrogen-bond donors (Lipinski definition) is 0. The zero-order valence-corrected chi connectivity index (χ0v) is 17.6. The first-order valence-corrected chi connectivity index (χ1v) is 10.3. The van der Waals surface area contributed by atoms with Gasteiger partial charge in [0.2, 0.25) is 5.95 Å². The van der Waals surface area contributed by atoms with Gasteiger partial charge in [-0.15, -0.1) is 0 Å². The van der Waals surface area contributed by atoms with Crippen LogP contribution in [0.2, 0.25) is 0 Å². The summed E-state index contributed by atoms with van der Waals surface area (Å²) in [6.45, 7) is 0.993. The molecule has 7 nitrogen and oxygen atoms in total. The van der Waals surface area contributed by atoms with Crippen molar-refractivity contribution in [2.45, 2.75) is 18.4 Å². The lowest BCUT2D eigenvalue weighted by Crippen LogP contribution is -2.33. The van der Waals surface area contributed by atoms with E-state index in [9.17, 15) is 21.6 Å². The lowest BCUT2D eigenvalue weighted by molar-refractivity contribution is 0.391. The predicted octanol–water partition coefficient (Wildman–Crippen LogP) is 3.62. The minimum atomic E-state index is -4.48. The molecular weight excluding hydrogens is 435 g/mol. The lowest BCUT2D eigenvalue weighted by Gasteiger charge is -2.24. The van der Waals surface area contributed by atoms with Crippen molar-refractivity contribution in [3.63, 3.8) is 0 Å².